The molecule has 1 atom stereocenters. The van der Waals surface area contributed by atoms with E-state index in [0.717, 1.165) is 0 Å². The van der Waals surface area contributed by atoms with Crippen molar-refractivity contribution in [2.24, 2.45) is 5.92 Å². The Morgan fingerprint density at radius 1 is 0.871 bits per heavy atom. The maximum Gasteiger partial charge on any atom is 0.247 e. The number of nitrogens with one attached hydrogen (secondary N) is 1. The third-order valence-corrected chi connectivity index (χ3v) is 4.67. The van der Waals surface area contributed by atoms with Crippen LogP contribution in [0.15, 0.2) is 89.3 Å². The van der Waals surface area contributed by atoms with Crippen LogP contribution >= 0.6 is 0 Å². The molecule has 3 aromatic carbocycles. The highest BCUT2D eigenvalue weighted by atomic mass is 19.1. The van der Waals surface area contributed by atoms with Gasteiger partial charge in [0.2, 0.25) is 17.7 Å². The third-order valence-electron chi connectivity index (χ3n) is 4.67. The molecule has 4 aromatic rings. The highest BCUT2D eigenvalue weighted by molar-refractivity contribution is 6.13. The average Bonchev–Trinajstić information content (AvgIpc) is 3.27. The van der Waals surface area contributed by atoms with Crippen molar-refractivity contribution in [3.63, 3.8) is 0 Å². The van der Waals surface area contributed by atoms with Crippen molar-refractivity contribution in [3.05, 3.63) is 102 Å². The molecule has 0 saturated heterocycles. The second kappa shape index (κ2) is 9.13. The van der Waals surface area contributed by atoms with Gasteiger partial charge in [-0.15, -0.1) is 10.2 Å². The number of rotatable bonds is 7. The van der Waals surface area contributed by atoms with Gasteiger partial charge in [-0.25, -0.2) is 4.39 Å². The number of carbonyl (C=O) groups is 2. The Bertz CT molecular complexity index is 1180. The van der Waals surface area contributed by atoms with E-state index in [1.807, 2.05) is 6.07 Å². The van der Waals surface area contributed by atoms with E-state index in [-0.39, 0.29) is 29.8 Å². The fraction of sp³-hybridized carbons (Fsp3) is 0.0833. The molecule has 7 heteroatoms. The monoisotopic (exact) mass is 415 g/mol. The zero-order chi connectivity index (χ0) is 21.6. The first-order chi connectivity index (χ1) is 15.1. The number of amides is 1. The molecule has 0 spiro atoms. The van der Waals surface area contributed by atoms with E-state index < -0.39 is 11.8 Å². The number of ketones is 1. The minimum atomic E-state index is -1.07. The van der Waals surface area contributed by atoms with Crippen molar-refractivity contribution in [1.29, 1.82) is 0 Å². The second-order valence-corrected chi connectivity index (χ2v) is 6.85. The van der Waals surface area contributed by atoms with Crippen LogP contribution in [0.3, 0.4) is 0 Å². The van der Waals surface area contributed by atoms with Gasteiger partial charge >= 0.3 is 0 Å². The van der Waals surface area contributed by atoms with Gasteiger partial charge in [0.1, 0.15) is 11.7 Å². The van der Waals surface area contributed by atoms with Crippen molar-refractivity contribution in [1.82, 2.24) is 10.2 Å². The van der Waals surface area contributed by atoms with E-state index in [2.05, 4.69) is 15.5 Å². The highest BCUT2D eigenvalue weighted by Crippen LogP contribution is 2.22. The molecule has 0 aliphatic heterocycles. The Labute approximate surface area is 177 Å². The smallest absolute Gasteiger partial charge is 0.247 e. The lowest BCUT2D eigenvalue weighted by Crippen LogP contribution is -2.31. The summed E-state index contributed by atoms with van der Waals surface area (Å²) in [7, 11) is 0. The molecule has 0 aliphatic rings. The summed E-state index contributed by atoms with van der Waals surface area (Å²) in [6.45, 7) is 0. The van der Waals surface area contributed by atoms with E-state index in [0.29, 0.717) is 16.8 Å². The number of carbonyl (C=O) groups excluding carboxylic acids is 2. The molecule has 1 aromatic heterocycles. The molecule has 0 bridgehead atoms. The first kappa shape index (κ1) is 20.2. The Kier molecular flexibility index (Phi) is 5.93. The number of aromatic nitrogens is 2. The Balaban J connectivity index is 1.59. The predicted octanol–water partition coefficient (Wildman–Crippen LogP) is 4.56. The van der Waals surface area contributed by atoms with E-state index in [1.165, 1.54) is 24.3 Å². The minimum absolute atomic E-state index is 0.0689. The summed E-state index contributed by atoms with van der Waals surface area (Å²) in [5, 5.41) is 10.7. The standard InChI is InChI=1S/C24H18FN3O3/c25-18-13-11-17(12-14-18)24-28-27-21(31-24)15-20(22(29)16-7-3-1-4-8-16)23(30)26-19-9-5-2-6-10-19/h1-14,20H,15H2,(H,26,30). The zero-order valence-electron chi connectivity index (χ0n) is 16.4. The van der Waals surface area contributed by atoms with Crippen molar-refractivity contribution in [2.75, 3.05) is 5.32 Å². The van der Waals surface area contributed by atoms with Gasteiger partial charge in [0.15, 0.2) is 5.78 Å². The summed E-state index contributed by atoms with van der Waals surface area (Å²) in [5.41, 5.74) is 1.53. The SMILES string of the molecule is O=C(Nc1ccccc1)C(Cc1nnc(-c2ccc(F)cc2)o1)C(=O)c1ccccc1. The van der Waals surface area contributed by atoms with Gasteiger partial charge in [-0.05, 0) is 36.4 Å². The first-order valence-corrected chi connectivity index (χ1v) is 9.63. The van der Waals surface area contributed by atoms with Crippen molar-refractivity contribution < 1.29 is 18.4 Å². The number of para-hydroxylation sites is 1. The largest absolute Gasteiger partial charge is 0.421 e. The lowest BCUT2D eigenvalue weighted by molar-refractivity contribution is -0.118. The Morgan fingerprint density at radius 3 is 2.19 bits per heavy atom. The molecule has 0 aliphatic carbocycles. The van der Waals surface area contributed by atoms with E-state index in [4.69, 9.17) is 4.42 Å². The van der Waals surface area contributed by atoms with Crippen molar-refractivity contribution in [3.8, 4) is 11.5 Å². The number of hydrogen-bond donors (Lipinski definition) is 1. The number of nitrogens with zero attached hydrogens (tertiary/aromatic N) is 2. The van der Waals surface area contributed by atoms with Gasteiger partial charge in [-0.3, -0.25) is 9.59 Å². The number of anilines is 1. The van der Waals surface area contributed by atoms with Gasteiger partial charge in [0.05, 0.1) is 0 Å². The van der Waals surface area contributed by atoms with Crippen LogP contribution in [0.5, 0.6) is 0 Å². The Morgan fingerprint density at radius 2 is 1.52 bits per heavy atom. The van der Waals surface area contributed by atoms with E-state index in [9.17, 15) is 14.0 Å². The van der Waals surface area contributed by atoms with Gasteiger partial charge in [0, 0.05) is 23.2 Å². The van der Waals surface area contributed by atoms with Crippen LogP contribution in [0.4, 0.5) is 10.1 Å². The van der Waals surface area contributed by atoms with Crippen molar-refractivity contribution >= 4 is 17.4 Å². The summed E-state index contributed by atoms with van der Waals surface area (Å²) in [4.78, 5) is 26.1. The Hall–Kier alpha value is -4.13. The predicted molar refractivity (Wildman–Crippen MR) is 113 cm³/mol. The molecule has 154 valence electrons. The minimum Gasteiger partial charge on any atom is -0.421 e. The molecule has 1 N–H and O–H groups in total. The molecule has 1 heterocycles. The fourth-order valence-electron chi connectivity index (χ4n) is 3.08. The van der Waals surface area contributed by atoms with E-state index in [1.54, 1.807) is 54.6 Å². The topological polar surface area (TPSA) is 85.1 Å². The van der Waals surface area contributed by atoms with Gasteiger partial charge in [-0.2, -0.15) is 0 Å². The zero-order valence-corrected chi connectivity index (χ0v) is 16.4. The molecule has 4 rings (SSSR count). The molecule has 31 heavy (non-hydrogen) atoms. The normalized spacial score (nSPS) is 11.6. The second-order valence-electron chi connectivity index (χ2n) is 6.85. The maximum absolute atomic E-state index is 13.1. The summed E-state index contributed by atoms with van der Waals surface area (Å²) in [6.07, 6.45) is -0.0689. The molecule has 6 nitrogen and oxygen atoms in total. The average molecular weight is 415 g/mol. The summed E-state index contributed by atoms with van der Waals surface area (Å²) in [5.74, 6) is -1.95. The van der Waals surface area contributed by atoms with Crippen LogP contribution < -0.4 is 5.32 Å². The summed E-state index contributed by atoms with van der Waals surface area (Å²) < 4.78 is 18.8. The molecule has 0 radical (unpaired) electrons. The summed E-state index contributed by atoms with van der Waals surface area (Å²) >= 11 is 0. The van der Waals surface area contributed by atoms with Crippen LogP contribution in [0.1, 0.15) is 16.2 Å². The van der Waals surface area contributed by atoms with Crippen molar-refractivity contribution in [2.45, 2.75) is 6.42 Å². The molecule has 1 unspecified atom stereocenters. The molecular weight excluding hydrogens is 397 g/mol. The number of Topliss-reactive ketones (excluding diaryl/α,β-unsaturated/α-hetero) is 1. The van der Waals surface area contributed by atoms with Crippen LogP contribution in [-0.4, -0.2) is 21.9 Å². The van der Waals surface area contributed by atoms with Crippen LogP contribution in [0.25, 0.3) is 11.5 Å². The third kappa shape index (κ3) is 4.90. The molecule has 0 fully saturated rings. The lowest BCUT2D eigenvalue weighted by atomic mass is 9.93. The van der Waals surface area contributed by atoms with E-state index >= 15 is 0 Å². The van der Waals surface area contributed by atoms with Gasteiger partial charge < -0.3 is 9.73 Å². The van der Waals surface area contributed by atoms with Gasteiger partial charge in [-0.1, -0.05) is 48.5 Å². The quantitative estimate of drug-likeness (QED) is 0.353. The first-order valence-electron chi connectivity index (χ1n) is 9.63. The summed E-state index contributed by atoms with van der Waals surface area (Å²) in [6, 6.07) is 23.1. The molecule has 1 amide bonds. The number of halogens is 1. The van der Waals surface area contributed by atoms with Gasteiger partial charge in [0.25, 0.3) is 0 Å². The van der Waals surface area contributed by atoms with Crippen LogP contribution in [-0.2, 0) is 11.2 Å². The maximum atomic E-state index is 13.1. The fourth-order valence-corrected chi connectivity index (χ4v) is 3.08. The number of benzene rings is 3. The molecular formula is C24H18FN3O3. The van der Waals surface area contributed by atoms with Crippen LogP contribution in [0.2, 0.25) is 0 Å². The number of hydrogen-bond acceptors (Lipinski definition) is 5. The molecule has 0 saturated carbocycles. The lowest BCUT2D eigenvalue weighted by Gasteiger charge is -2.14. The van der Waals surface area contributed by atoms with Crippen LogP contribution in [0, 0.1) is 11.7 Å². The highest BCUT2D eigenvalue weighted by Gasteiger charge is 2.30.